The lowest BCUT2D eigenvalue weighted by molar-refractivity contribution is -0.118. The van der Waals surface area contributed by atoms with Crippen LogP contribution in [0.1, 0.15) is 30.9 Å². The fourth-order valence-corrected chi connectivity index (χ4v) is 2.24. The molecule has 0 heterocycles. The standard InChI is InChI=1S/C20H24N3O2/c1-3-4-9-19(24)21-14-16-10-12-17(13-11-16)22-20(25)23-18-8-6-5-7-15(18)2/h5-13H,3-4,14H2,1-2H3,(H,21,24)(H2,22,23,25). The number of carbonyl (C=O) groups excluding carboxylic acids is 2. The van der Waals surface area contributed by atoms with E-state index in [1.165, 1.54) is 0 Å². The van der Waals surface area contributed by atoms with E-state index in [1.807, 2.05) is 62.4 Å². The number of carbonyl (C=O) groups is 2. The van der Waals surface area contributed by atoms with Gasteiger partial charge in [0.25, 0.3) is 0 Å². The molecule has 2 aromatic carbocycles. The second kappa shape index (κ2) is 9.47. The molecule has 0 saturated carbocycles. The normalized spacial score (nSPS) is 10.2. The number of benzene rings is 2. The molecule has 5 heteroatoms. The van der Waals surface area contributed by atoms with Crippen molar-refractivity contribution in [3.05, 3.63) is 66.1 Å². The summed E-state index contributed by atoms with van der Waals surface area (Å²) in [5.74, 6) is -0.0540. The van der Waals surface area contributed by atoms with Gasteiger partial charge in [-0.25, -0.2) is 4.79 Å². The van der Waals surface area contributed by atoms with Crippen molar-refractivity contribution in [2.45, 2.75) is 33.2 Å². The van der Waals surface area contributed by atoms with E-state index in [1.54, 1.807) is 6.42 Å². The second-order valence-corrected chi connectivity index (χ2v) is 5.80. The summed E-state index contributed by atoms with van der Waals surface area (Å²) in [4.78, 5) is 23.6. The Labute approximate surface area is 148 Å². The summed E-state index contributed by atoms with van der Waals surface area (Å²) in [6.45, 7) is 4.44. The minimum atomic E-state index is -0.287. The lowest BCUT2D eigenvalue weighted by Crippen LogP contribution is -2.23. The minimum Gasteiger partial charge on any atom is -0.352 e. The third-order valence-corrected chi connectivity index (χ3v) is 3.69. The topological polar surface area (TPSA) is 70.2 Å². The Hall–Kier alpha value is -2.82. The van der Waals surface area contributed by atoms with Crippen LogP contribution in [0.15, 0.2) is 48.5 Å². The molecule has 0 aliphatic carbocycles. The Bertz CT molecular complexity index is 711. The summed E-state index contributed by atoms with van der Waals surface area (Å²) in [7, 11) is 0. The minimum absolute atomic E-state index is 0.0540. The fourth-order valence-electron chi connectivity index (χ4n) is 2.24. The summed E-state index contributed by atoms with van der Waals surface area (Å²) in [6, 6.07) is 14.7. The molecule has 2 aromatic rings. The first-order valence-corrected chi connectivity index (χ1v) is 8.42. The highest BCUT2D eigenvalue weighted by molar-refractivity contribution is 6.00. The molecule has 3 N–H and O–H groups in total. The molecule has 131 valence electrons. The quantitative estimate of drug-likeness (QED) is 0.706. The zero-order valence-corrected chi connectivity index (χ0v) is 14.6. The van der Waals surface area contributed by atoms with E-state index < -0.39 is 0 Å². The van der Waals surface area contributed by atoms with E-state index in [0.717, 1.165) is 29.7 Å². The monoisotopic (exact) mass is 338 g/mol. The van der Waals surface area contributed by atoms with Crippen LogP contribution in [0.2, 0.25) is 0 Å². The molecule has 3 amide bonds. The number of anilines is 2. The average molecular weight is 338 g/mol. The zero-order chi connectivity index (χ0) is 18.1. The molecule has 25 heavy (non-hydrogen) atoms. The van der Waals surface area contributed by atoms with Crippen molar-refractivity contribution >= 4 is 23.3 Å². The van der Waals surface area contributed by atoms with Crippen LogP contribution in [0, 0.1) is 13.3 Å². The van der Waals surface area contributed by atoms with Gasteiger partial charge >= 0.3 is 6.03 Å². The number of hydrogen-bond acceptors (Lipinski definition) is 2. The van der Waals surface area contributed by atoms with E-state index in [9.17, 15) is 9.59 Å². The molecule has 0 bridgehead atoms. The fraction of sp³-hybridized carbons (Fsp3) is 0.250. The lowest BCUT2D eigenvalue weighted by Gasteiger charge is -2.10. The summed E-state index contributed by atoms with van der Waals surface area (Å²) >= 11 is 0. The molecular weight excluding hydrogens is 314 g/mol. The second-order valence-electron chi connectivity index (χ2n) is 5.80. The van der Waals surface area contributed by atoms with E-state index in [4.69, 9.17) is 0 Å². The maximum Gasteiger partial charge on any atom is 0.323 e. The van der Waals surface area contributed by atoms with E-state index in [2.05, 4.69) is 16.0 Å². The predicted octanol–water partition coefficient (Wildman–Crippen LogP) is 4.26. The third-order valence-electron chi connectivity index (χ3n) is 3.69. The Kier molecular flexibility index (Phi) is 7.01. The molecule has 0 aliphatic heterocycles. The maximum absolute atomic E-state index is 12.1. The molecular formula is C20H24N3O2. The van der Waals surface area contributed by atoms with Crippen LogP contribution in [-0.2, 0) is 11.3 Å². The Morgan fingerprint density at radius 2 is 1.72 bits per heavy atom. The highest BCUT2D eigenvalue weighted by atomic mass is 16.2. The Morgan fingerprint density at radius 1 is 1.00 bits per heavy atom. The molecule has 1 radical (unpaired) electrons. The SMILES string of the molecule is CCC[CH]C(=O)NCc1ccc(NC(=O)Nc2ccccc2C)cc1. The van der Waals surface area contributed by atoms with Gasteiger partial charge in [0.2, 0.25) is 5.91 Å². The van der Waals surface area contributed by atoms with E-state index in [-0.39, 0.29) is 11.9 Å². The largest absolute Gasteiger partial charge is 0.352 e. The first-order valence-electron chi connectivity index (χ1n) is 8.42. The van der Waals surface area contributed by atoms with Gasteiger partial charge < -0.3 is 16.0 Å². The van der Waals surface area contributed by atoms with Crippen molar-refractivity contribution in [2.24, 2.45) is 0 Å². The van der Waals surface area contributed by atoms with Gasteiger partial charge in [0.05, 0.1) is 0 Å². The smallest absolute Gasteiger partial charge is 0.323 e. The number of urea groups is 1. The number of aryl methyl sites for hydroxylation is 1. The Balaban J connectivity index is 1.82. The summed E-state index contributed by atoms with van der Waals surface area (Å²) in [5.41, 5.74) is 3.45. The number of unbranched alkanes of at least 4 members (excludes halogenated alkanes) is 1. The van der Waals surface area contributed by atoms with Crippen LogP contribution in [-0.4, -0.2) is 11.9 Å². The molecule has 0 saturated heterocycles. The van der Waals surface area contributed by atoms with Crippen molar-refractivity contribution in [1.82, 2.24) is 5.32 Å². The predicted molar refractivity (Wildman–Crippen MR) is 101 cm³/mol. The van der Waals surface area contributed by atoms with Crippen molar-refractivity contribution < 1.29 is 9.59 Å². The zero-order valence-electron chi connectivity index (χ0n) is 14.6. The highest BCUT2D eigenvalue weighted by Crippen LogP contribution is 2.14. The van der Waals surface area contributed by atoms with Gasteiger partial charge in [-0.2, -0.15) is 0 Å². The van der Waals surface area contributed by atoms with Crippen LogP contribution < -0.4 is 16.0 Å². The molecule has 0 aliphatic rings. The van der Waals surface area contributed by atoms with Crippen molar-refractivity contribution in [1.29, 1.82) is 0 Å². The third kappa shape index (κ3) is 6.30. The van der Waals surface area contributed by atoms with Gasteiger partial charge in [-0.05, 0) is 42.7 Å². The first kappa shape index (κ1) is 18.5. The molecule has 0 aromatic heterocycles. The van der Waals surface area contributed by atoms with Crippen LogP contribution in [0.3, 0.4) is 0 Å². The van der Waals surface area contributed by atoms with Gasteiger partial charge in [0, 0.05) is 24.3 Å². The number of nitrogens with one attached hydrogen (secondary N) is 3. The molecule has 2 rings (SSSR count). The lowest BCUT2D eigenvalue weighted by atomic mass is 10.2. The van der Waals surface area contributed by atoms with E-state index >= 15 is 0 Å². The number of hydrogen-bond donors (Lipinski definition) is 3. The molecule has 0 unspecified atom stereocenters. The van der Waals surface area contributed by atoms with Gasteiger partial charge in [-0.3, -0.25) is 4.79 Å². The number of rotatable bonds is 7. The first-order chi connectivity index (χ1) is 12.1. The molecule has 0 atom stereocenters. The summed E-state index contributed by atoms with van der Waals surface area (Å²) in [6.07, 6.45) is 3.40. The van der Waals surface area contributed by atoms with Gasteiger partial charge in [0.1, 0.15) is 0 Å². The van der Waals surface area contributed by atoms with Gasteiger partial charge in [-0.15, -0.1) is 0 Å². The van der Waals surface area contributed by atoms with Crippen LogP contribution in [0.25, 0.3) is 0 Å². The molecule has 5 nitrogen and oxygen atoms in total. The van der Waals surface area contributed by atoms with Crippen LogP contribution in [0.4, 0.5) is 16.2 Å². The van der Waals surface area contributed by atoms with Gasteiger partial charge in [0.15, 0.2) is 0 Å². The van der Waals surface area contributed by atoms with Crippen molar-refractivity contribution in [3.63, 3.8) is 0 Å². The van der Waals surface area contributed by atoms with Crippen molar-refractivity contribution in [3.8, 4) is 0 Å². The molecule has 0 spiro atoms. The summed E-state index contributed by atoms with van der Waals surface area (Å²) in [5, 5.41) is 8.45. The number of para-hydroxylation sites is 1. The van der Waals surface area contributed by atoms with E-state index in [0.29, 0.717) is 12.2 Å². The maximum atomic E-state index is 12.1. The van der Waals surface area contributed by atoms with Crippen LogP contribution >= 0.6 is 0 Å². The number of amides is 3. The van der Waals surface area contributed by atoms with Crippen LogP contribution in [0.5, 0.6) is 0 Å². The molecule has 0 fully saturated rings. The highest BCUT2D eigenvalue weighted by Gasteiger charge is 2.05. The Morgan fingerprint density at radius 3 is 2.40 bits per heavy atom. The summed E-state index contributed by atoms with van der Waals surface area (Å²) < 4.78 is 0. The average Bonchev–Trinajstić information content (AvgIpc) is 2.61. The van der Waals surface area contributed by atoms with Crippen molar-refractivity contribution in [2.75, 3.05) is 10.6 Å². The van der Waals surface area contributed by atoms with Gasteiger partial charge in [-0.1, -0.05) is 43.7 Å².